The molecule has 4 heterocycles. The number of nitrogens with zero attached hydrogens (tertiary/aromatic N) is 6. The number of aldehydes is 1. The number of aromatic nitrogens is 4. The Labute approximate surface area is 204 Å². The molecule has 1 unspecified atom stereocenters. The minimum absolute atomic E-state index is 0.0935. The number of carbonyl (C=O) groups excluding carboxylic acids is 1. The van der Waals surface area contributed by atoms with E-state index in [1.807, 2.05) is 29.6 Å². The van der Waals surface area contributed by atoms with Gasteiger partial charge in [-0.05, 0) is 64.5 Å². The Kier molecular flexibility index (Phi) is 6.92. The van der Waals surface area contributed by atoms with Crippen molar-refractivity contribution in [1.82, 2.24) is 29.4 Å². The number of anilines is 1. The zero-order valence-corrected chi connectivity index (χ0v) is 20.3. The van der Waals surface area contributed by atoms with E-state index in [0.717, 1.165) is 67.7 Å². The van der Waals surface area contributed by atoms with Gasteiger partial charge in [-0.3, -0.25) is 9.30 Å². The summed E-state index contributed by atoms with van der Waals surface area (Å²) in [7, 11) is 3.88. The van der Waals surface area contributed by atoms with Gasteiger partial charge in [0.2, 0.25) is 5.95 Å². The van der Waals surface area contributed by atoms with Crippen LogP contribution in [0, 0.1) is 5.82 Å². The number of benzene rings is 1. The number of hydrogen-bond acceptors (Lipinski definition) is 8. The van der Waals surface area contributed by atoms with E-state index in [1.165, 1.54) is 6.07 Å². The van der Waals surface area contributed by atoms with Crippen LogP contribution in [0.15, 0.2) is 24.7 Å². The van der Waals surface area contributed by atoms with Crippen LogP contribution in [0.25, 0.3) is 5.65 Å². The van der Waals surface area contributed by atoms with Crippen LogP contribution >= 0.6 is 0 Å². The summed E-state index contributed by atoms with van der Waals surface area (Å²) in [5.74, 6) is 1.41. The Morgan fingerprint density at radius 1 is 1.31 bits per heavy atom. The normalized spacial score (nSPS) is 19.4. The van der Waals surface area contributed by atoms with Crippen LogP contribution in [0.5, 0.6) is 5.75 Å². The molecule has 2 atom stereocenters. The molecular weight excluding hydrogens is 449 g/mol. The van der Waals surface area contributed by atoms with E-state index < -0.39 is 0 Å². The average molecular weight is 482 g/mol. The molecule has 2 aromatic heterocycles. The van der Waals surface area contributed by atoms with Crippen molar-refractivity contribution >= 4 is 17.9 Å². The number of ether oxygens (including phenoxy) is 1. The second-order valence-corrected chi connectivity index (χ2v) is 9.61. The van der Waals surface area contributed by atoms with Crippen molar-refractivity contribution in [2.75, 3.05) is 45.7 Å². The molecule has 0 aliphatic carbocycles. The third kappa shape index (κ3) is 4.85. The van der Waals surface area contributed by atoms with E-state index in [4.69, 9.17) is 4.74 Å². The number of halogens is 1. The lowest BCUT2D eigenvalue weighted by Crippen LogP contribution is -2.41. The van der Waals surface area contributed by atoms with Crippen LogP contribution < -0.4 is 10.1 Å². The highest BCUT2D eigenvalue weighted by molar-refractivity contribution is 5.58. The Bertz CT molecular complexity index is 1200. The first-order valence-electron chi connectivity index (χ1n) is 12.2. The molecule has 2 aliphatic heterocycles. The monoisotopic (exact) mass is 481 g/mol. The third-order valence-electron chi connectivity index (χ3n) is 7.25. The van der Waals surface area contributed by atoms with Gasteiger partial charge in [-0.2, -0.15) is 0 Å². The summed E-state index contributed by atoms with van der Waals surface area (Å²) in [5.41, 5.74) is 3.39. The zero-order valence-electron chi connectivity index (χ0n) is 20.3. The quantitative estimate of drug-likeness (QED) is 0.491. The molecule has 10 heteroatoms. The third-order valence-corrected chi connectivity index (χ3v) is 7.25. The molecule has 5 rings (SSSR count). The predicted molar refractivity (Wildman–Crippen MR) is 130 cm³/mol. The highest BCUT2D eigenvalue weighted by Crippen LogP contribution is 2.32. The van der Waals surface area contributed by atoms with Crippen molar-refractivity contribution in [1.29, 1.82) is 0 Å². The van der Waals surface area contributed by atoms with Crippen LogP contribution in [-0.4, -0.2) is 82.0 Å². The van der Waals surface area contributed by atoms with Crippen LogP contribution in [0.2, 0.25) is 0 Å². The van der Waals surface area contributed by atoms with E-state index in [0.29, 0.717) is 37.0 Å². The lowest BCUT2D eigenvalue weighted by Gasteiger charge is -2.27. The highest BCUT2D eigenvalue weighted by atomic mass is 19.1. The maximum absolute atomic E-state index is 14.6. The van der Waals surface area contributed by atoms with Gasteiger partial charge in [0, 0.05) is 42.4 Å². The average Bonchev–Trinajstić information content (AvgIpc) is 3.48. The Hall–Kier alpha value is -3.11. The molecule has 1 fully saturated rings. The summed E-state index contributed by atoms with van der Waals surface area (Å²) in [6, 6.07) is 3.06. The molecule has 1 N–H and O–H groups in total. The summed E-state index contributed by atoms with van der Waals surface area (Å²) in [5, 5.41) is 11.8. The maximum atomic E-state index is 14.6. The number of carbonyl (C=O) groups is 1. The van der Waals surface area contributed by atoms with Gasteiger partial charge in [0.25, 0.3) is 0 Å². The van der Waals surface area contributed by atoms with Gasteiger partial charge in [-0.25, -0.2) is 9.37 Å². The molecule has 2 aliphatic rings. The Balaban J connectivity index is 1.31. The van der Waals surface area contributed by atoms with Gasteiger partial charge in [0.05, 0.1) is 12.6 Å². The SMILES string of the molecule is CN(C)C(C=O)CN1CCC[C@@H](c2cnc(NCc3c(F)ccc4c3CCO4)n3cnnc23)CC1. The van der Waals surface area contributed by atoms with Gasteiger partial charge in [0.1, 0.15) is 24.2 Å². The van der Waals surface area contributed by atoms with E-state index in [9.17, 15) is 9.18 Å². The van der Waals surface area contributed by atoms with E-state index in [1.54, 1.807) is 12.4 Å². The van der Waals surface area contributed by atoms with Gasteiger partial charge < -0.3 is 19.7 Å². The molecule has 0 saturated carbocycles. The van der Waals surface area contributed by atoms with Crippen LogP contribution in [0.3, 0.4) is 0 Å². The predicted octanol–water partition coefficient (Wildman–Crippen LogP) is 2.51. The number of fused-ring (bicyclic) bond motifs is 2. The molecule has 1 aromatic carbocycles. The van der Waals surface area contributed by atoms with Crippen molar-refractivity contribution in [3.63, 3.8) is 0 Å². The summed E-state index contributed by atoms with van der Waals surface area (Å²) < 4.78 is 22.0. The van der Waals surface area contributed by atoms with Crippen molar-refractivity contribution in [2.45, 2.75) is 44.2 Å². The fourth-order valence-corrected chi connectivity index (χ4v) is 5.17. The minimum atomic E-state index is -0.243. The standard InChI is InChI=1S/C25H32FN7O2/c1-31(2)18(15-34)14-32-9-3-4-17(7-10-32)20-12-27-25(33-16-29-30-24(20)33)28-13-21-19-8-11-35-23(19)6-5-22(21)26/h5-6,12,15-18H,3-4,7-11,13-14H2,1-2H3,(H,27,28)/t17-,18?/m1/s1. The van der Waals surface area contributed by atoms with E-state index in [2.05, 4.69) is 25.4 Å². The van der Waals surface area contributed by atoms with Gasteiger partial charge in [-0.15, -0.1) is 10.2 Å². The summed E-state index contributed by atoms with van der Waals surface area (Å²) in [6.45, 7) is 3.53. The summed E-state index contributed by atoms with van der Waals surface area (Å²) in [6.07, 6.45) is 8.32. The number of nitrogens with one attached hydrogen (secondary N) is 1. The van der Waals surface area contributed by atoms with Gasteiger partial charge in [0.15, 0.2) is 5.65 Å². The van der Waals surface area contributed by atoms with Crippen LogP contribution in [-0.2, 0) is 17.8 Å². The first kappa shape index (κ1) is 23.6. The molecule has 186 valence electrons. The largest absolute Gasteiger partial charge is 0.493 e. The summed E-state index contributed by atoms with van der Waals surface area (Å²) >= 11 is 0. The first-order valence-corrected chi connectivity index (χ1v) is 12.2. The van der Waals surface area contributed by atoms with Crippen molar-refractivity contribution in [3.8, 4) is 5.75 Å². The number of likely N-dealkylation sites (tertiary alicyclic amines) is 1. The molecule has 3 aromatic rings. The second kappa shape index (κ2) is 10.2. The number of rotatable bonds is 8. The smallest absolute Gasteiger partial charge is 0.210 e. The highest BCUT2D eigenvalue weighted by Gasteiger charge is 2.25. The van der Waals surface area contributed by atoms with E-state index >= 15 is 0 Å². The van der Waals surface area contributed by atoms with E-state index in [-0.39, 0.29) is 11.9 Å². The zero-order chi connectivity index (χ0) is 24.4. The molecule has 0 bridgehead atoms. The molecule has 0 amide bonds. The first-order chi connectivity index (χ1) is 17.0. The van der Waals surface area contributed by atoms with Crippen molar-refractivity contribution < 1.29 is 13.9 Å². The van der Waals surface area contributed by atoms with Crippen LogP contribution in [0.4, 0.5) is 10.3 Å². The second-order valence-electron chi connectivity index (χ2n) is 9.61. The van der Waals surface area contributed by atoms with Crippen molar-refractivity contribution in [3.05, 3.63) is 47.2 Å². The Morgan fingerprint density at radius 3 is 3.03 bits per heavy atom. The topological polar surface area (TPSA) is 87.9 Å². The van der Waals surface area contributed by atoms with Gasteiger partial charge in [-0.1, -0.05) is 0 Å². The molecule has 1 saturated heterocycles. The molecule has 0 spiro atoms. The summed E-state index contributed by atoms with van der Waals surface area (Å²) in [4.78, 5) is 20.5. The van der Waals surface area contributed by atoms with Crippen LogP contribution in [0.1, 0.15) is 41.9 Å². The van der Waals surface area contributed by atoms with Crippen molar-refractivity contribution in [2.24, 2.45) is 0 Å². The fraction of sp³-hybridized carbons (Fsp3) is 0.520. The fourth-order valence-electron chi connectivity index (χ4n) is 5.17. The molecule has 9 nitrogen and oxygen atoms in total. The van der Waals surface area contributed by atoms with Gasteiger partial charge >= 0.3 is 0 Å². The molecular formula is C25H32FN7O2. The molecule has 35 heavy (non-hydrogen) atoms. The lowest BCUT2D eigenvalue weighted by molar-refractivity contribution is -0.112. The number of likely N-dealkylation sites (N-methyl/N-ethyl adjacent to an activating group) is 1. The Morgan fingerprint density at radius 2 is 2.20 bits per heavy atom. The lowest BCUT2D eigenvalue weighted by atomic mass is 9.94. The maximum Gasteiger partial charge on any atom is 0.210 e. The minimum Gasteiger partial charge on any atom is -0.493 e. The molecule has 0 radical (unpaired) electrons. The number of hydrogen-bond donors (Lipinski definition) is 1.